The Hall–Kier alpha value is -1.30. The van der Waals surface area contributed by atoms with Gasteiger partial charge in [-0.2, -0.15) is 0 Å². The summed E-state index contributed by atoms with van der Waals surface area (Å²) in [5, 5.41) is 3.61. The number of ether oxygens (including phenoxy) is 1. The summed E-state index contributed by atoms with van der Waals surface area (Å²) in [4.78, 5) is 23.6. The fourth-order valence-electron chi connectivity index (χ4n) is 2.16. The number of amides is 2. The van der Waals surface area contributed by atoms with Gasteiger partial charge < -0.3 is 15.8 Å². The molecular weight excluding hydrogens is 315 g/mol. The van der Waals surface area contributed by atoms with Gasteiger partial charge in [0, 0.05) is 23.1 Å². The highest BCUT2D eigenvalue weighted by molar-refractivity contribution is 6.35. The van der Waals surface area contributed by atoms with Gasteiger partial charge in [-0.3, -0.25) is 9.59 Å². The second kappa shape index (κ2) is 7.11. The highest BCUT2D eigenvalue weighted by Crippen LogP contribution is 2.22. The Kier molecular flexibility index (Phi) is 5.45. The summed E-state index contributed by atoms with van der Waals surface area (Å²) >= 11 is 11.9. The molecule has 114 valence electrons. The zero-order valence-electron chi connectivity index (χ0n) is 11.3. The Morgan fingerprint density at radius 3 is 2.76 bits per heavy atom. The summed E-state index contributed by atoms with van der Waals surface area (Å²) in [5.74, 6) is -1.05. The lowest BCUT2D eigenvalue weighted by molar-refractivity contribution is -0.129. The minimum atomic E-state index is -0.809. The lowest BCUT2D eigenvalue weighted by Gasteiger charge is -2.18. The first-order valence-corrected chi connectivity index (χ1v) is 7.34. The molecule has 2 atom stereocenters. The molecule has 2 rings (SSSR count). The van der Waals surface area contributed by atoms with Gasteiger partial charge in [-0.25, -0.2) is 0 Å². The Morgan fingerprint density at radius 1 is 1.43 bits per heavy atom. The van der Waals surface area contributed by atoms with E-state index in [-0.39, 0.29) is 18.2 Å². The first-order chi connectivity index (χ1) is 9.97. The smallest absolute Gasteiger partial charge is 0.240 e. The molecule has 3 N–H and O–H groups in total. The SMILES string of the molecule is NC(=O)[C@H](Cc1ccc(Cl)cc1Cl)NC(=O)[C@H]1CCOC1. The molecule has 1 saturated heterocycles. The van der Waals surface area contributed by atoms with Crippen LogP contribution in [0.1, 0.15) is 12.0 Å². The van der Waals surface area contributed by atoms with Crippen molar-refractivity contribution in [3.8, 4) is 0 Å². The first kappa shape index (κ1) is 16.1. The van der Waals surface area contributed by atoms with Crippen LogP contribution in [0.25, 0.3) is 0 Å². The normalized spacial score (nSPS) is 19.2. The maximum Gasteiger partial charge on any atom is 0.240 e. The van der Waals surface area contributed by atoms with Gasteiger partial charge in [0.2, 0.25) is 11.8 Å². The molecule has 1 heterocycles. The van der Waals surface area contributed by atoms with Gasteiger partial charge in [0.05, 0.1) is 12.5 Å². The van der Waals surface area contributed by atoms with Crippen LogP contribution in [0.15, 0.2) is 18.2 Å². The minimum Gasteiger partial charge on any atom is -0.381 e. The first-order valence-electron chi connectivity index (χ1n) is 6.58. The van der Waals surface area contributed by atoms with Gasteiger partial charge in [0.25, 0.3) is 0 Å². The number of hydrogen-bond acceptors (Lipinski definition) is 3. The fourth-order valence-corrected chi connectivity index (χ4v) is 2.65. The van der Waals surface area contributed by atoms with E-state index in [1.807, 2.05) is 0 Å². The molecule has 1 aromatic rings. The summed E-state index contributed by atoms with van der Waals surface area (Å²) in [5.41, 5.74) is 6.06. The van der Waals surface area contributed by atoms with Crippen molar-refractivity contribution in [1.29, 1.82) is 0 Å². The zero-order valence-corrected chi connectivity index (χ0v) is 12.8. The van der Waals surface area contributed by atoms with E-state index >= 15 is 0 Å². The van der Waals surface area contributed by atoms with Gasteiger partial charge in [0.1, 0.15) is 6.04 Å². The van der Waals surface area contributed by atoms with E-state index in [1.165, 1.54) is 0 Å². The van der Waals surface area contributed by atoms with Crippen LogP contribution in [0.5, 0.6) is 0 Å². The van der Waals surface area contributed by atoms with Crippen LogP contribution in [0.3, 0.4) is 0 Å². The van der Waals surface area contributed by atoms with Crippen LogP contribution >= 0.6 is 23.2 Å². The molecule has 21 heavy (non-hydrogen) atoms. The minimum absolute atomic E-state index is 0.221. The van der Waals surface area contributed by atoms with E-state index in [9.17, 15) is 9.59 Å². The predicted octanol–water partition coefficient (Wildman–Crippen LogP) is 1.54. The van der Waals surface area contributed by atoms with E-state index < -0.39 is 11.9 Å². The molecule has 1 aliphatic rings. The largest absolute Gasteiger partial charge is 0.381 e. The van der Waals surface area contributed by atoms with Crippen molar-refractivity contribution in [2.24, 2.45) is 11.7 Å². The average molecular weight is 331 g/mol. The number of benzene rings is 1. The van der Waals surface area contributed by atoms with E-state index in [2.05, 4.69) is 5.32 Å². The topological polar surface area (TPSA) is 81.4 Å². The van der Waals surface area contributed by atoms with Crippen molar-refractivity contribution in [2.75, 3.05) is 13.2 Å². The average Bonchev–Trinajstić information content (AvgIpc) is 2.94. The summed E-state index contributed by atoms with van der Waals surface area (Å²) in [6.45, 7) is 0.932. The van der Waals surface area contributed by atoms with Crippen molar-refractivity contribution < 1.29 is 14.3 Å². The monoisotopic (exact) mass is 330 g/mol. The van der Waals surface area contributed by atoms with Crippen molar-refractivity contribution in [3.05, 3.63) is 33.8 Å². The maximum absolute atomic E-state index is 12.0. The van der Waals surface area contributed by atoms with E-state index in [0.29, 0.717) is 35.2 Å². The number of nitrogens with one attached hydrogen (secondary N) is 1. The van der Waals surface area contributed by atoms with Crippen molar-refractivity contribution >= 4 is 35.0 Å². The zero-order chi connectivity index (χ0) is 15.4. The number of rotatable bonds is 5. The van der Waals surface area contributed by atoms with Crippen molar-refractivity contribution in [3.63, 3.8) is 0 Å². The maximum atomic E-state index is 12.0. The number of halogens is 2. The molecule has 5 nitrogen and oxygen atoms in total. The molecule has 0 spiro atoms. The molecule has 1 aromatic carbocycles. The van der Waals surface area contributed by atoms with E-state index in [1.54, 1.807) is 18.2 Å². The molecule has 7 heteroatoms. The predicted molar refractivity (Wildman–Crippen MR) is 80.2 cm³/mol. The van der Waals surface area contributed by atoms with Crippen LogP contribution in [-0.4, -0.2) is 31.1 Å². The second-order valence-electron chi connectivity index (χ2n) is 4.96. The third-order valence-electron chi connectivity index (χ3n) is 3.40. The van der Waals surface area contributed by atoms with Crippen molar-refractivity contribution in [2.45, 2.75) is 18.9 Å². The highest BCUT2D eigenvalue weighted by atomic mass is 35.5. The Morgan fingerprint density at radius 2 is 2.19 bits per heavy atom. The van der Waals surface area contributed by atoms with Crippen LogP contribution in [0.4, 0.5) is 0 Å². The summed E-state index contributed by atoms with van der Waals surface area (Å²) < 4.78 is 5.16. The molecule has 0 bridgehead atoms. The van der Waals surface area contributed by atoms with Gasteiger partial charge in [0.15, 0.2) is 0 Å². The van der Waals surface area contributed by atoms with Crippen LogP contribution in [0.2, 0.25) is 10.0 Å². The summed E-state index contributed by atoms with van der Waals surface area (Å²) in [6, 6.07) is 4.17. The molecule has 0 radical (unpaired) electrons. The standard InChI is InChI=1S/C14H16Cl2N2O3/c15-10-2-1-8(11(16)6-10)5-12(13(17)19)18-14(20)9-3-4-21-7-9/h1-2,6,9,12H,3-5,7H2,(H2,17,19)(H,18,20)/t9-,12-/m0/s1. The van der Waals surface area contributed by atoms with Gasteiger partial charge >= 0.3 is 0 Å². The lowest BCUT2D eigenvalue weighted by atomic mass is 10.0. The number of nitrogens with two attached hydrogens (primary N) is 1. The molecule has 1 fully saturated rings. The third kappa shape index (κ3) is 4.33. The molecule has 0 saturated carbocycles. The van der Waals surface area contributed by atoms with Gasteiger partial charge in [-0.05, 0) is 24.1 Å². The number of hydrogen-bond donors (Lipinski definition) is 2. The van der Waals surface area contributed by atoms with Crippen LogP contribution in [-0.2, 0) is 20.7 Å². The fraction of sp³-hybridized carbons (Fsp3) is 0.429. The number of primary amides is 1. The molecule has 0 aliphatic carbocycles. The van der Waals surface area contributed by atoms with Crippen LogP contribution < -0.4 is 11.1 Å². The third-order valence-corrected chi connectivity index (χ3v) is 3.99. The van der Waals surface area contributed by atoms with Crippen LogP contribution in [0, 0.1) is 5.92 Å². The second-order valence-corrected chi connectivity index (χ2v) is 5.81. The molecular formula is C14H16Cl2N2O3. The van der Waals surface area contributed by atoms with Crippen molar-refractivity contribution in [1.82, 2.24) is 5.32 Å². The molecule has 2 amide bonds. The van der Waals surface area contributed by atoms with Gasteiger partial charge in [-0.1, -0.05) is 29.3 Å². The Bertz CT molecular complexity index is 545. The Labute approximate surface area is 132 Å². The number of carbonyl (C=O) groups is 2. The molecule has 0 aromatic heterocycles. The molecule has 1 aliphatic heterocycles. The molecule has 0 unspecified atom stereocenters. The summed E-state index contributed by atoms with van der Waals surface area (Å²) in [7, 11) is 0. The van der Waals surface area contributed by atoms with Gasteiger partial charge in [-0.15, -0.1) is 0 Å². The summed E-state index contributed by atoms with van der Waals surface area (Å²) in [6.07, 6.45) is 0.879. The highest BCUT2D eigenvalue weighted by Gasteiger charge is 2.27. The quantitative estimate of drug-likeness (QED) is 0.859. The number of carbonyl (C=O) groups excluding carboxylic acids is 2. The van der Waals surface area contributed by atoms with E-state index in [0.717, 1.165) is 0 Å². The Balaban J connectivity index is 2.04. The van der Waals surface area contributed by atoms with E-state index in [4.69, 9.17) is 33.7 Å². The lowest BCUT2D eigenvalue weighted by Crippen LogP contribution is -2.48.